The maximum Gasteiger partial charge on any atom is 0.225 e. The van der Waals surface area contributed by atoms with E-state index in [4.69, 9.17) is 21.1 Å². The summed E-state index contributed by atoms with van der Waals surface area (Å²) in [5, 5.41) is 0.644. The molecule has 2 aliphatic rings. The maximum atomic E-state index is 13.3. The highest BCUT2D eigenvalue weighted by Gasteiger charge is 2.54. The molecule has 4 nitrogen and oxygen atoms in total. The monoisotopic (exact) mass is 361 g/mol. The lowest BCUT2D eigenvalue weighted by atomic mass is 10.0. The third-order valence-corrected chi connectivity index (χ3v) is 4.96. The number of hydrogen-bond acceptors (Lipinski definition) is 3. The van der Waals surface area contributed by atoms with E-state index >= 15 is 0 Å². The summed E-state index contributed by atoms with van der Waals surface area (Å²) in [7, 11) is 0. The molecule has 2 saturated heterocycles. The van der Waals surface area contributed by atoms with Crippen molar-refractivity contribution in [1.29, 1.82) is 0 Å². The van der Waals surface area contributed by atoms with Crippen LogP contribution in [0.25, 0.3) is 0 Å². The van der Waals surface area contributed by atoms with Crippen LogP contribution in [-0.2, 0) is 15.3 Å². The molecule has 2 heterocycles. The van der Waals surface area contributed by atoms with E-state index < -0.39 is 5.72 Å². The van der Waals surface area contributed by atoms with Crippen molar-refractivity contribution in [2.75, 3.05) is 13.2 Å². The third-order valence-electron chi connectivity index (χ3n) is 4.71. The molecule has 1 amide bonds. The molecule has 25 heavy (non-hydrogen) atoms. The minimum atomic E-state index is -0.807. The number of benzene rings is 2. The van der Waals surface area contributed by atoms with Crippen molar-refractivity contribution in [1.82, 2.24) is 4.90 Å². The van der Waals surface area contributed by atoms with Gasteiger partial charge in [0.2, 0.25) is 5.91 Å². The van der Waals surface area contributed by atoms with E-state index in [1.54, 1.807) is 41.3 Å². The Hall–Kier alpha value is -2.11. The fraction of sp³-hybridized carbons (Fsp3) is 0.316. The lowest BCUT2D eigenvalue weighted by molar-refractivity contribution is -0.140. The molecule has 2 aromatic rings. The van der Waals surface area contributed by atoms with E-state index in [0.717, 1.165) is 5.56 Å². The lowest BCUT2D eigenvalue weighted by Gasteiger charge is -2.31. The van der Waals surface area contributed by atoms with Gasteiger partial charge in [0.25, 0.3) is 0 Å². The molecule has 130 valence electrons. The summed E-state index contributed by atoms with van der Waals surface area (Å²) < 4.78 is 25.3. The number of hydrogen-bond donors (Lipinski definition) is 0. The highest BCUT2D eigenvalue weighted by molar-refractivity contribution is 6.30. The normalized spacial score (nSPS) is 25.3. The molecule has 0 unspecified atom stereocenters. The van der Waals surface area contributed by atoms with Gasteiger partial charge in [0.1, 0.15) is 24.3 Å². The summed E-state index contributed by atoms with van der Waals surface area (Å²) in [4.78, 5) is 14.0. The second-order valence-electron chi connectivity index (χ2n) is 6.30. The van der Waals surface area contributed by atoms with Gasteiger partial charge in [-0.1, -0.05) is 23.7 Å². The number of carbonyl (C=O) groups excluding carboxylic acids is 1. The Morgan fingerprint density at radius 1 is 1.20 bits per heavy atom. The Labute approximate surface area is 150 Å². The molecule has 0 N–H and O–H groups in total. The smallest absolute Gasteiger partial charge is 0.225 e. The largest absolute Gasteiger partial charge is 0.491 e. The standard InChI is InChI=1S/C19H17ClFNO3/c20-14-3-7-16(8-4-14)24-12-17-11-22-18(23)9-10-19(22,25-17)13-1-5-15(21)6-2-13/h1-8,17H,9-12H2/t17-,19-/m1/s1. The maximum absolute atomic E-state index is 13.3. The zero-order chi connectivity index (χ0) is 17.4. The van der Waals surface area contributed by atoms with Gasteiger partial charge in [-0.25, -0.2) is 4.39 Å². The lowest BCUT2D eigenvalue weighted by Crippen LogP contribution is -2.38. The van der Waals surface area contributed by atoms with Crippen molar-refractivity contribution in [3.05, 3.63) is 64.9 Å². The molecule has 4 rings (SSSR count). The number of amides is 1. The molecule has 2 fully saturated rings. The minimum Gasteiger partial charge on any atom is -0.491 e. The van der Waals surface area contributed by atoms with Gasteiger partial charge >= 0.3 is 0 Å². The summed E-state index contributed by atoms with van der Waals surface area (Å²) in [6.45, 7) is 0.790. The van der Waals surface area contributed by atoms with Gasteiger partial charge in [-0.15, -0.1) is 0 Å². The number of ether oxygens (including phenoxy) is 2. The molecule has 0 saturated carbocycles. The van der Waals surface area contributed by atoms with Crippen molar-refractivity contribution in [3.63, 3.8) is 0 Å². The van der Waals surface area contributed by atoms with E-state index in [-0.39, 0.29) is 17.8 Å². The van der Waals surface area contributed by atoms with Crippen LogP contribution in [0.1, 0.15) is 18.4 Å². The van der Waals surface area contributed by atoms with Crippen LogP contribution in [0.4, 0.5) is 4.39 Å². The molecular weight excluding hydrogens is 345 g/mol. The van der Waals surface area contributed by atoms with Gasteiger partial charge in [-0.2, -0.15) is 0 Å². The molecule has 2 aromatic carbocycles. The molecule has 0 bridgehead atoms. The van der Waals surface area contributed by atoms with Gasteiger partial charge < -0.3 is 14.4 Å². The van der Waals surface area contributed by atoms with Crippen LogP contribution >= 0.6 is 11.6 Å². The average Bonchev–Trinajstić information content (AvgIpc) is 3.13. The van der Waals surface area contributed by atoms with E-state index in [9.17, 15) is 9.18 Å². The Morgan fingerprint density at radius 2 is 1.92 bits per heavy atom. The van der Waals surface area contributed by atoms with Crippen LogP contribution in [0.5, 0.6) is 5.75 Å². The molecule has 0 aliphatic carbocycles. The number of nitrogens with zero attached hydrogens (tertiary/aromatic N) is 1. The van der Waals surface area contributed by atoms with E-state index in [2.05, 4.69) is 0 Å². The predicted octanol–water partition coefficient (Wildman–Crippen LogP) is 3.73. The van der Waals surface area contributed by atoms with Gasteiger partial charge in [-0.3, -0.25) is 4.79 Å². The second kappa shape index (κ2) is 6.32. The number of fused-ring (bicyclic) bond motifs is 1. The highest BCUT2D eigenvalue weighted by Crippen LogP contribution is 2.45. The van der Waals surface area contributed by atoms with Crippen molar-refractivity contribution in [3.8, 4) is 5.75 Å². The van der Waals surface area contributed by atoms with E-state index in [1.807, 2.05) is 0 Å². The van der Waals surface area contributed by atoms with Gasteiger partial charge in [0.05, 0.1) is 6.54 Å². The molecule has 0 aromatic heterocycles. The summed E-state index contributed by atoms with van der Waals surface area (Å²) in [5.41, 5.74) is -0.00698. The first-order valence-corrected chi connectivity index (χ1v) is 8.57. The second-order valence-corrected chi connectivity index (χ2v) is 6.74. The first kappa shape index (κ1) is 16.4. The molecular formula is C19H17ClFNO3. The molecule has 0 spiro atoms. The van der Waals surface area contributed by atoms with Gasteiger partial charge in [-0.05, 0) is 36.4 Å². The van der Waals surface area contributed by atoms with Crippen LogP contribution in [0.3, 0.4) is 0 Å². The van der Waals surface area contributed by atoms with Crippen LogP contribution in [0, 0.1) is 5.82 Å². The fourth-order valence-corrected chi connectivity index (χ4v) is 3.65. The SMILES string of the molecule is O=C1CC[C@]2(c3ccc(F)cc3)O[C@@H](COc3ccc(Cl)cc3)CN12. The highest BCUT2D eigenvalue weighted by atomic mass is 35.5. The summed E-state index contributed by atoms with van der Waals surface area (Å²) in [6.07, 6.45) is 0.752. The van der Waals surface area contributed by atoms with Crippen LogP contribution in [0.2, 0.25) is 5.02 Å². The molecule has 2 aliphatic heterocycles. The van der Waals surface area contributed by atoms with Gasteiger partial charge in [0, 0.05) is 23.4 Å². The zero-order valence-corrected chi connectivity index (χ0v) is 14.2. The minimum absolute atomic E-state index is 0.0540. The molecule has 2 atom stereocenters. The average molecular weight is 362 g/mol. The molecule has 6 heteroatoms. The number of rotatable bonds is 4. The Kier molecular flexibility index (Phi) is 4.13. The van der Waals surface area contributed by atoms with Crippen LogP contribution < -0.4 is 4.74 Å². The third kappa shape index (κ3) is 2.98. The van der Waals surface area contributed by atoms with Gasteiger partial charge in [0.15, 0.2) is 5.72 Å². The van der Waals surface area contributed by atoms with Crippen molar-refractivity contribution >= 4 is 17.5 Å². The Morgan fingerprint density at radius 3 is 2.64 bits per heavy atom. The van der Waals surface area contributed by atoms with E-state index in [1.165, 1.54) is 12.1 Å². The predicted molar refractivity (Wildman–Crippen MR) is 90.8 cm³/mol. The topological polar surface area (TPSA) is 38.8 Å². The fourth-order valence-electron chi connectivity index (χ4n) is 3.52. The Bertz CT molecular complexity index is 780. The quantitative estimate of drug-likeness (QED) is 0.832. The summed E-state index contributed by atoms with van der Waals surface area (Å²) in [5.74, 6) is 0.442. The van der Waals surface area contributed by atoms with Crippen molar-refractivity contribution in [2.24, 2.45) is 0 Å². The molecule has 0 radical (unpaired) electrons. The first-order chi connectivity index (χ1) is 12.1. The first-order valence-electron chi connectivity index (χ1n) is 8.19. The van der Waals surface area contributed by atoms with Crippen LogP contribution in [-0.4, -0.2) is 30.1 Å². The summed E-state index contributed by atoms with van der Waals surface area (Å²) >= 11 is 5.87. The number of halogens is 2. The zero-order valence-electron chi connectivity index (χ0n) is 13.5. The van der Waals surface area contributed by atoms with Crippen LogP contribution in [0.15, 0.2) is 48.5 Å². The summed E-state index contributed by atoms with van der Waals surface area (Å²) in [6, 6.07) is 13.3. The number of carbonyl (C=O) groups is 1. The van der Waals surface area contributed by atoms with E-state index in [0.29, 0.717) is 36.8 Å². The van der Waals surface area contributed by atoms with Crippen molar-refractivity contribution < 1.29 is 18.7 Å². The Balaban J connectivity index is 1.51. The van der Waals surface area contributed by atoms with Crippen molar-refractivity contribution in [2.45, 2.75) is 24.7 Å².